The van der Waals surface area contributed by atoms with Crippen molar-refractivity contribution in [2.45, 2.75) is 25.3 Å². The van der Waals surface area contributed by atoms with E-state index in [1.165, 1.54) is 0 Å². The highest BCUT2D eigenvalue weighted by atomic mass is 16.5. The van der Waals surface area contributed by atoms with Crippen LogP contribution in [0, 0.1) is 0 Å². The van der Waals surface area contributed by atoms with Crippen LogP contribution >= 0.6 is 0 Å². The van der Waals surface area contributed by atoms with Crippen molar-refractivity contribution in [3.05, 3.63) is 0 Å². The van der Waals surface area contributed by atoms with Crippen LogP contribution in [0.3, 0.4) is 0 Å². The number of carbonyl (C=O) groups excluding carboxylic acids is 2. The van der Waals surface area contributed by atoms with Gasteiger partial charge >= 0.3 is 11.9 Å². The molecule has 1 fully saturated rings. The molecule has 1 saturated heterocycles. The lowest BCUT2D eigenvalue weighted by Crippen LogP contribution is -2.34. The summed E-state index contributed by atoms with van der Waals surface area (Å²) < 4.78 is 9.62. The molecule has 0 amide bonds. The topological polar surface area (TPSA) is 78.6 Å². The van der Waals surface area contributed by atoms with E-state index in [2.05, 4.69) is 0 Å². The van der Waals surface area contributed by atoms with Crippen LogP contribution in [0.25, 0.3) is 0 Å². The molecule has 0 spiro atoms. The highest BCUT2D eigenvalue weighted by Gasteiger charge is 2.17. The number of hydrogen-bond donors (Lipinski definition) is 1. The molecular weight excluding hydrogens is 174 g/mol. The second kappa shape index (κ2) is 4.81. The van der Waals surface area contributed by atoms with Crippen LogP contribution in [0.2, 0.25) is 0 Å². The van der Waals surface area contributed by atoms with E-state index in [-0.39, 0.29) is 19.2 Å². The van der Waals surface area contributed by atoms with Gasteiger partial charge in [-0.05, 0) is 6.42 Å². The van der Waals surface area contributed by atoms with Crippen molar-refractivity contribution in [1.29, 1.82) is 0 Å². The average Bonchev–Trinajstić information content (AvgIpc) is 2.11. The maximum atomic E-state index is 11.0. The zero-order chi connectivity index (χ0) is 9.68. The van der Waals surface area contributed by atoms with E-state index in [4.69, 9.17) is 15.2 Å². The summed E-state index contributed by atoms with van der Waals surface area (Å²) in [7, 11) is 0. The molecule has 0 unspecified atom stereocenters. The fourth-order valence-corrected chi connectivity index (χ4v) is 0.986. The van der Waals surface area contributed by atoms with Gasteiger partial charge in [-0.15, -0.1) is 0 Å². The Balaban J connectivity index is 2.41. The predicted molar refractivity (Wildman–Crippen MR) is 43.7 cm³/mol. The van der Waals surface area contributed by atoms with Crippen molar-refractivity contribution in [2.75, 3.05) is 13.2 Å². The summed E-state index contributed by atoms with van der Waals surface area (Å²) in [6.45, 7) is 0.427. The van der Waals surface area contributed by atoms with Gasteiger partial charge in [0.1, 0.15) is 6.04 Å². The van der Waals surface area contributed by atoms with Crippen LogP contribution in [0.15, 0.2) is 0 Å². The van der Waals surface area contributed by atoms with Crippen molar-refractivity contribution in [2.24, 2.45) is 5.73 Å². The Labute approximate surface area is 76.2 Å². The number of cyclic esters (lactones) is 2. The molecule has 13 heavy (non-hydrogen) atoms. The van der Waals surface area contributed by atoms with Crippen molar-refractivity contribution in [1.82, 2.24) is 0 Å². The minimum absolute atomic E-state index is 0.190. The molecule has 1 atom stereocenters. The van der Waals surface area contributed by atoms with E-state index in [9.17, 15) is 9.59 Å². The van der Waals surface area contributed by atoms with Crippen LogP contribution < -0.4 is 5.73 Å². The summed E-state index contributed by atoms with van der Waals surface area (Å²) in [4.78, 5) is 21.9. The molecule has 0 radical (unpaired) electrons. The van der Waals surface area contributed by atoms with E-state index in [1.807, 2.05) is 0 Å². The number of carbonyl (C=O) groups is 2. The van der Waals surface area contributed by atoms with Gasteiger partial charge in [-0.1, -0.05) is 0 Å². The van der Waals surface area contributed by atoms with Crippen molar-refractivity contribution >= 4 is 11.9 Å². The van der Waals surface area contributed by atoms with Crippen LogP contribution in [0.5, 0.6) is 0 Å². The molecule has 5 heteroatoms. The SMILES string of the molecule is N[C@H]1CCOC(=O)CCCOC1=O. The summed E-state index contributed by atoms with van der Waals surface area (Å²) in [6, 6.07) is -0.675. The predicted octanol–water partition coefficient (Wildman–Crippen LogP) is -0.416. The number of hydrogen-bond acceptors (Lipinski definition) is 5. The second-order valence-corrected chi connectivity index (χ2v) is 2.89. The van der Waals surface area contributed by atoms with E-state index in [1.54, 1.807) is 0 Å². The molecule has 1 aliphatic heterocycles. The summed E-state index contributed by atoms with van der Waals surface area (Å²) in [5.41, 5.74) is 5.45. The molecule has 1 heterocycles. The van der Waals surface area contributed by atoms with Crippen LogP contribution in [-0.2, 0) is 19.1 Å². The Bertz CT molecular complexity index is 204. The minimum atomic E-state index is -0.675. The molecule has 5 nitrogen and oxygen atoms in total. The third-order valence-electron chi connectivity index (χ3n) is 1.76. The largest absolute Gasteiger partial charge is 0.466 e. The lowest BCUT2D eigenvalue weighted by atomic mass is 10.2. The maximum absolute atomic E-state index is 11.0. The van der Waals surface area contributed by atoms with Gasteiger partial charge < -0.3 is 15.2 Å². The Morgan fingerprint density at radius 3 is 2.77 bits per heavy atom. The van der Waals surface area contributed by atoms with Crippen LogP contribution in [-0.4, -0.2) is 31.2 Å². The van der Waals surface area contributed by atoms with Gasteiger partial charge in [0.05, 0.1) is 13.2 Å². The highest BCUT2D eigenvalue weighted by Crippen LogP contribution is 2.01. The van der Waals surface area contributed by atoms with Gasteiger partial charge in [0.25, 0.3) is 0 Å². The minimum Gasteiger partial charge on any atom is -0.466 e. The summed E-state index contributed by atoms with van der Waals surface area (Å²) in [6.07, 6.45) is 1.12. The third-order valence-corrected chi connectivity index (χ3v) is 1.76. The smallest absolute Gasteiger partial charge is 0.323 e. The summed E-state index contributed by atoms with van der Waals surface area (Å²) >= 11 is 0. The fraction of sp³-hybridized carbons (Fsp3) is 0.750. The van der Waals surface area contributed by atoms with E-state index in [0.717, 1.165) is 0 Å². The molecule has 1 rings (SSSR count). The quantitative estimate of drug-likeness (QED) is 0.521. The number of rotatable bonds is 0. The van der Waals surface area contributed by atoms with Gasteiger partial charge in [0, 0.05) is 12.8 Å². The Morgan fingerprint density at radius 1 is 1.23 bits per heavy atom. The van der Waals surface area contributed by atoms with E-state index >= 15 is 0 Å². The normalized spacial score (nSPS) is 26.1. The second-order valence-electron chi connectivity index (χ2n) is 2.89. The molecule has 1 aliphatic rings. The lowest BCUT2D eigenvalue weighted by Gasteiger charge is -2.13. The third kappa shape index (κ3) is 3.42. The molecule has 0 aliphatic carbocycles. The molecule has 0 saturated carbocycles. The van der Waals surface area contributed by atoms with Crippen molar-refractivity contribution in [3.8, 4) is 0 Å². The van der Waals surface area contributed by atoms with Gasteiger partial charge in [0.2, 0.25) is 0 Å². The number of esters is 2. The monoisotopic (exact) mass is 187 g/mol. The average molecular weight is 187 g/mol. The van der Waals surface area contributed by atoms with E-state index < -0.39 is 12.0 Å². The maximum Gasteiger partial charge on any atom is 0.323 e. The molecule has 0 aromatic rings. The Morgan fingerprint density at radius 2 is 2.00 bits per heavy atom. The van der Waals surface area contributed by atoms with Gasteiger partial charge in [-0.3, -0.25) is 9.59 Å². The van der Waals surface area contributed by atoms with Crippen molar-refractivity contribution in [3.63, 3.8) is 0 Å². The number of ether oxygens (including phenoxy) is 2. The van der Waals surface area contributed by atoms with Gasteiger partial charge in [0.15, 0.2) is 0 Å². The molecule has 0 aromatic heterocycles. The first-order chi connectivity index (χ1) is 6.20. The summed E-state index contributed by atoms with van der Waals surface area (Å²) in [5.74, 6) is -0.678. The van der Waals surface area contributed by atoms with Gasteiger partial charge in [-0.25, -0.2) is 0 Å². The van der Waals surface area contributed by atoms with Crippen LogP contribution in [0.4, 0.5) is 0 Å². The Hall–Kier alpha value is -1.10. The first-order valence-corrected chi connectivity index (χ1v) is 4.28. The number of nitrogens with two attached hydrogens (primary N) is 1. The van der Waals surface area contributed by atoms with Gasteiger partial charge in [-0.2, -0.15) is 0 Å². The Kier molecular flexibility index (Phi) is 3.70. The first kappa shape index (κ1) is 9.98. The van der Waals surface area contributed by atoms with Crippen LogP contribution in [0.1, 0.15) is 19.3 Å². The zero-order valence-electron chi connectivity index (χ0n) is 7.32. The molecule has 2 N–H and O–H groups in total. The first-order valence-electron chi connectivity index (χ1n) is 4.28. The standard InChI is InChI=1S/C8H13NO4/c9-6-3-5-12-7(10)2-1-4-13-8(6)11/h6H,1-5,9H2/t6-/m0/s1. The molecular formula is C8H13NO4. The molecule has 0 bridgehead atoms. The molecule has 0 aromatic carbocycles. The highest BCUT2D eigenvalue weighted by molar-refractivity contribution is 5.75. The summed E-state index contributed by atoms with van der Waals surface area (Å²) in [5, 5.41) is 0. The fourth-order valence-electron chi connectivity index (χ4n) is 0.986. The van der Waals surface area contributed by atoms with Crippen molar-refractivity contribution < 1.29 is 19.1 Å². The molecule has 74 valence electrons. The lowest BCUT2D eigenvalue weighted by molar-refractivity contribution is -0.152. The zero-order valence-corrected chi connectivity index (χ0v) is 7.32. The van der Waals surface area contributed by atoms with E-state index in [0.29, 0.717) is 19.3 Å².